The summed E-state index contributed by atoms with van der Waals surface area (Å²) >= 11 is 12.7. The number of hydrogen-bond donors (Lipinski definition) is 2. The van der Waals surface area contributed by atoms with Gasteiger partial charge in [-0.2, -0.15) is 0 Å². The molecule has 1 unspecified atom stereocenters. The summed E-state index contributed by atoms with van der Waals surface area (Å²) in [5.41, 5.74) is 3.65. The highest BCUT2D eigenvalue weighted by molar-refractivity contribution is 6.31. The van der Waals surface area contributed by atoms with Crippen LogP contribution < -0.4 is 5.32 Å². The number of aromatic nitrogens is 2. The maximum Gasteiger partial charge on any atom is 0.336 e. The Balaban J connectivity index is 1.43. The molecule has 2 N–H and O–H groups in total. The van der Waals surface area contributed by atoms with E-state index in [1.165, 1.54) is 6.07 Å². The number of carbonyl (C=O) groups excluding carboxylic acids is 1. The van der Waals surface area contributed by atoms with Crippen LogP contribution in [0.1, 0.15) is 63.1 Å². The fraction of sp³-hybridized carbons (Fsp3) is 0.323. The minimum Gasteiger partial charge on any atom is -0.478 e. The third-order valence-electron chi connectivity index (χ3n) is 9.65. The molecule has 1 spiro atoms. The number of pyridine rings is 1. The van der Waals surface area contributed by atoms with E-state index < -0.39 is 23.2 Å². The first-order chi connectivity index (χ1) is 19.7. The van der Waals surface area contributed by atoms with Crippen LogP contribution in [-0.4, -0.2) is 43.9 Å². The van der Waals surface area contributed by atoms with Crippen molar-refractivity contribution < 1.29 is 19.1 Å². The second kappa shape index (κ2) is 8.53. The van der Waals surface area contributed by atoms with Crippen molar-refractivity contribution in [3.63, 3.8) is 0 Å². The van der Waals surface area contributed by atoms with Gasteiger partial charge in [-0.3, -0.25) is 9.69 Å². The number of amides is 1. The molecule has 2 aliphatic heterocycles. The van der Waals surface area contributed by atoms with E-state index >= 15 is 4.39 Å². The summed E-state index contributed by atoms with van der Waals surface area (Å²) in [5, 5.41) is 13.3. The summed E-state index contributed by atoms with van der Waals surface area (Å²) in [7, 11) is 0. The van der Waals surface area contributed by atoms with Crippen molar-refractivity contribution in [3.05, 3.63) is 98.2 Å². The van der Waals surface area contributed by atoms with Crippen molar-refractivity contribution in [2.24, 2.45) is 5.92 Å². The molecule has 0 radical (unpaired) electrons. The topological polar surface area (TPSA) is 86.9 Å². The Labute approximate surface area is 244 Å². The number of benzene rings is 2. The van der Waals surface area contributed by atoms with Crippen LogP contribution in [-0.2, 0) is 16.8 Å². The van der Waals surface area contributed by atoms with Gasteiger partial charge < -0.3 is 14.8 Å². The van der Waals surface area contributed by atoms with Gasteiger partial charge in [0.05, 0.1) is 16.3 Å². The lowest BCUT2D eigenvalue weighted by atomic mass is 9.71. The molecule has 2 aromatic carbocycles. The van der Waals surface area contributed by atoms with Crippen molar-refractivity contribution in [2.75, 3.05) is 11.9 Å². The van der Waals surface area contributed by atoms with Gasteiger partial charge in [-0.15, -0.1) is 0 Å². The average molecular weight is 591 g/mol. The largest absolute Gasteiger partial charge is 0.478 e. The molecule has 2 fully saturated rings. The standard InChI is InChI=1S/C31H25Cl2FN4O3/c1-14-17(29(39)40)9-10-37-23-12-22-24(27(23)36-28(14)37)25(18-3-2-4-20(33)26(18)34)31(38(22)13-15-5-6-15)19-8-7-16(32)11-21(19)35-30(31)41/h2-4,7-11,15,22,24-25H,5-6,12-13H2,1H3,(H,35,41)(H,39,40)/t22?,24-,25+,31-/m1/s1. The number of likely N-dealkylation sites (tertiary alicyclic amines) is 1. The number of anilines is 1. The van der Waals surface area contributed by atoms with Crippen LogP contribution in [0.5, 0.6) is 0 Å². The zero-order chi connectivity index (χ0) is 28.4. The number of hydrogen-bond acceptors (Lipinski definition) is 4. The molecule has 4 aliphatic rings. The zero-order valence-electron chi connectivity index (χ0n) is 22.0. The van der Waals surface area contributed by atoms with Gasteiger partial charge in [-0.05, 0) is 55.5 Å². The predicted octanol–water partition coefficient (Wildman–Crippen LogP) is 6.15. The summed E-state index contributed by atoms with van der Waals surface area (Å²) in [6.07, 6.45) is 4.52. The van der Waals surface area contributed by atoms with E-state index in [-0.39, 0.29) is 28.5 Å². The Bertz CT molecular complexity index is 1840. The SMILES string of the molecule is Cc1c(C(=O)O)ccn2c3c(nc12)[C@@H]1C(C3)N(CC2CC2)[C@@]2(C(=O)Nc3cc(Cl)ccc32)[C@H]1c1cccc(Cl)c1F. The minimum absolute atomic E-state index is 0.000237. The van der Waals surface area contributed by atoms with E-state index in [0.29, 0.717) is 46.4 Å². The normalized spacial score (nSPS) is 26.4. The first-order valence-corrected chi connectivity index (χ1v) is 14.5. The predicted molar refractivity (Wildman–Crippen MR) is 152 cm³/mol. The summed E-state index contributed by atoms with van der Waals surface area (Å²) in [5.74, 6) is -2.29. The monoisotopic (exact) mass is 590 g/mol. The molecular weight excluding hydrogens is 566 g/mol. The number of aromatic carboxylic acids is 1. The average Bonchev–Trinajstić information content (AvgIpc) is 3.36. The summed E-state index contributed by atoms with van der Waals surface area (Å²) in [6, 6.07) is 11.9. The van der Waals surface area contributed by atoms with Crippen LogP contribution >= 0.6 is 23.2 Å². The quantitative estimate of drug-likeness (QED) is 0.297. The molecule has 4 heterocycles. The molecule has 208 valence electrons. The molecule has 2 aromatic heterocycles. The maximum absolute atomic E-state index is 16.1. The van der Waals surface area contributed by atoms with Crippen molar-refractivity contribution in [2.45, 2.75) is 49.6 Å². The van der Waals surface area contributed by atoms with Crippen molar-refractivity contribution in [3.8, 4) is 0 Å². The molecule has 1 saturated carbocycles. The number of halogens is 3. The van der Waals surface area contributed by atoms with Crippen LogP contribution in [0.25, 0.3) is 5.65 Å². The van der Waals surface area contributed by atoms with Gasteiger partial charge in [0.1, 0.15) is 17.0 Å². The van der Waals surface area contributed by atoms with Crippen LogP contribution in [0, 0.1) is 18.7 Å². The number of fused-ring (bicyclic) bond motifs is 7. The lowest BCUT2D eigenvalue weighted by Gasteiger charge is -2.40. The molecule has 1 amide bonds. The molecule has 10 heteroatoms. The van der Waals surface area contributed by atoms with Crippen LogP contribution in [0.15, 0.2) is 48.7 Å². The smallest absolute Gasteiger partial charge is 0.336 e. The fourth-order valence-corrected chi connectivity index (χ4v) is 8.17. The van der Waals surface area contributed by atoms with Crippen molar-refractivity contribution >= 4 is 46.4 Å². The number of carbonyl (C=O) groups is 2. The summed E-state index contributed by atoms with van der Waals surface area (Å²) in [4.78, 5) is 33.6. The number of nitrogens with zero attached hydrogens (tertiary/aromatic N) is 3. The summed E-state index contributed by atoms with van der Waals surface area (Å²) < 4.78 is 18.1. The van der Waals surface area contributed by atoms with Crippen LogP contribution in [0.2, 0.25) is 10.0 Å². The second-order valence-electron chi connectivity index (χ2n) is 11.7. The maximum atomic E-state index is 16.1. The Hall–Kier alpha value is -3.46. The molecule has 41 heavy (non-hydrogen) atoms. The van der Waals surface area contributed by atoms with Gasteiger partial charge >= 0.3 is 5.97 Å². The van der Waals surface area contributed by atoms with E-state index in [0.717, 1.165) is 29.8 Å². The van der Waals surface area contributed by atoms with Crippen molar-refractivity contribution in [1.82, 2.24) is 14.3 Å². The number of nitrogens with one attached hydrogen (secondary N) is 1. The highest BCUT2D eigenvalue weighted by Crippen LogP contribution is 2.65. The fourth-order valence-electron chi connectivity index (χ4n) is 7.82. The Morgan fingerprint density at radius 1 is 1.22 bits per heavy atom. The number of carboxylic acid groups (broad SMARTS) is 1. The van der Waals surface area contributed by atoms with Crippen molar-refractivity contribution in [1.29, 1.82) is 0 Å². The minimum atomic E-state index is -1.20. The van der Waals surface area contributed by atoms with E-state index in [4.69, 9.17) is 28.2 Å². The molecule has 8 rings (SSSR count). The van der Waals surface area contributed by atoms with Gasteiger partial charge in [0.2, 0.25) is 5.91 Å². The number of aryl methyl sites for hydroxylation is 1. The Kier molecular flexibility index (Phi) is 5.26. The number of rotatable bonds is 4. The van der Waals surface area contributed by atoms with E-state index in [2.05, 4.69) is 10.2 Å². The summed E-state index contributed by atoms with van der Waals surface area (Å²) in [6.45, 7) is 2.46. The van der Waals surface area contributed by atoms with Gasteiger partial charge in [0.15, 0.2) is 0 Å². The van der Waals surface area contributed by atoms with Gasteiger partial charge in [0.25, 0.3) is 0 Å². The third-order valence-corrected chi connectivity index (χ3v) is 10.2. The molecular formula is C31H25Cl2FN4O3. The lowest BCUT2D eigenvalue weighted by molar-refractivity contribution is -0.128. The number of imidazole rings is 1. The molecule has 0 bridgehead atoms. The van der Waals surface area contributed by atoms with E-state index in [9.17, 15) is 14.7 Å². The molecule has 1 saturated heterocycles. The molecule has 4 aromatic rings. The number of carboxylic acids is 1. The van der Waals surface area contributed by atoms with Gasteiger partial charge in [0, 0.05) is 64.6 Å². The van der Waals surface area contributed by atoms with Crippen LogP contribution in [0.4, 0.5) is 10.1 Å². The molecule has 4 atom stereocenters. The second-order valence-corrected chi connectivity index (χ2v) is 12.6. The van der Waals surface area contributed by atoms with Crippen LogP contribution in [0.3, 0.4) is 0 Å². The Morgan fingerprint density at radius 2 is 2.02 bits per heavy atom. The molecule has 2 aliphatic carbocycles. The Morgan fingerprint density at radius 3 is 2.78 bits per heavy atom. The van der Waals surface area contributed by atoms with Gasteiger partial charge in [-0.1, -0.05) is 41.4 Å². The van der Waals surface area contributed by atoms with E-state index in [1.807, 2.05) is 10.5 Å². The first kappa shape index (κ1) is 25.3. The highest BCUT2D eigenvalue weighted by Gasteiger charge is 2.69. The lowest BCUT2D eigenvalue weighted by Crippen LogP contribution is -2.53. The third kappa shape index (κ3) is 3.27. The van der Waals surface area contributed by atoms with E-state index in [1.54, 1.807) is 43.5 Å². The van der Waals surface area contributed by atoms with Gasteiger partial charge in [-0.25, -0.2) is 14.2 Å². The zero-order valence-corrected chi connectivity index (χ0v) is 23.5. The highest BCUT2D eigenvalue weighted by atomic mass is 35.5. The first-order valence-electron chi connectivity index (χ1n) is 13.8. The molecule has 7 nitrogen and oxygen atoms in total.